The largest absolute Gasteiger partial charge is 0.459 e. The molecular weight excluding hydrogens is 198 g/mol. The van der Waals surface area contributed by atoms with Gasteiger partial charge in [0.05, 0.1) is 19.3 Å². The van der Waals surface area contributed by atoms with Crippen LogP contribution in [0.3, 0.4) is 0 Å². The van der Waals surface area contributed by atoms with Crippen molar-refractivity contribution >= 4 is 5.97 Å². The molecule has 84 valence electrons. The molecule has 0 aromatic heterocycles. The van der Waals surface area contributed by atoms with E-state index in [9.17, 15) is 4.79 Å². The van der Waals surface area contributed by atoms with Gasteiger partial charge in [0.1, 0.15) is 18.2 Å². The highest BCUT2D eigenvalue weighted by molar-refractivity contribution is 5.91. The first-order valence-corrected chi connectivity index (χ1v) is 4.48. The summed E-state index contributed by atoms with van der Waals surface area (Å²) in [6, 6.07) is 1.60. The van der Waals surface area contributed by atoms with E-state index in [1.807, 2.05) is 6.92 Å². The highest BCUT2D eigenvalue weighted by Gasteiger charge is 2.06. The normalized spacial score (nSPS) is 11.5. The predicted molar refractivity (Wildman–Crippen MR) is 53.0 cm³/mol. The number of rotatable bonds is 7. The van der Waals surface area contributed by atoms with Crippen molar-refractivity contribution in [2.75, 3.05) is 26.9 Å². The minimum atomic E-state index is -0.708. The fraction of sp³-hybridized carbons (Fsp3) is 0.600. The Morgan fingerprint density at radius 1 is 1.53 bits per heavy atom. The predicted octanol–water partition coefficient (Wildman–Crippen LogP) is 0.661. The number of hydrogen-bond donors (Lipinski definition) is 0. The Hall–Kier alpha value is -1.38. The Labute approximate surface area is 89.2 Å². The molecule has 0 aliphatic heterocycles. The zero-order chi connectivity index (χ0) is 11.7. The van der Waals surface area contributed by atoms with E-state index < -0.39 is 5.97 Å². The molecule has 0 radical (unpaired) electrons. The fourth-order valence-corrected chi connectivity index (χ4v) is 0.643. The second-order valence-electron chi connectivity index (χ2n) is 2.85. The highest BCUT2D eigenvalue weighted by Crippen LogP contribution is 1.93. The van der Waals surface area contributed by atoms with Crippen molar-refractivity contribution in [3.05, 3.63) is 12.2 Å². The van der Waals surface area contributed by atoms with Gasteiger partial charge in [-0.3, -0.25) is 0 Å². The molecule has 0 saturated carbocycles. The molecule has 1 unspecified atom stereocenters. The van der Waals surface area contributed by atoms with Crippen LogP contribution in [0.25, 0.3) is 0 Å². The molecular formula is C10H15NO4. The first-order valence-electron chi connectivity index (χ1n) is 4.48. The molecule has 0 saturated heterocycles. The third kappa shape index (κ3) is 6.66. The first-order chi connectivity index (χ1) is 7.11. The van der Waals surface area contributed by atoms with E-state index in [0.29, 0.717) is 6.61 Å². The third-order valence-electron chi connectivity index (χ3n) is 1.60. The number of nitrogens with zero attached hydrogens (tertiary/aromatic N) is 1. The molecule has 0 aliphatic carbocycles. The summed E-state index contributed by atoms with van der Waals surface area (Å²) in [5, 5.41) is 8.31. The lowest BCUT2D eigenvalue weighted by atomic mass is 10.3. The highest BCUT2D eigenvalue weighted by atomic mass is 16.6. The minimum Gasteiger partial charge on any atom is -0.459 e. The average molecular weight is 213 g/mol. The zero-order valence-electron chi connectivity index (χ0n) is 8.99. The van der Waals surface area contributed by atoms with E-state index in [0.717, 1.165) is 0 Å². The van der Waals surface area contributed by atoms with Gasteiger partial charge in [-0.2, -0.15) is 5.26 Å². The number of ether oxygens (including phenoxy) is 3. The lowest BCUT2D eigenvalue weighted by molar-refractivity contribution is -0.140. The summed E-state index contributed by atoms with van der Waals surface area (Å²) in [7, 11) is 1.59. The summed E-state index contributed by atoms with van der Waals surface area (Å²) in [6.07, 6.45) is 0.00905. The van der Waals surface area contributed by atoms with Gasteiger partial charge >= 0.3 is 5.97 Å². The van der Waals surface area contributed by atoms with Crippen LogP contribution in [0.2, 0.25) is 0 Å². The Morgan fingerprint density at radius 2 is 2.20 bits per heavy atom. The van der Waals surface area contributed by atoms with Gasteiger partial charge in [-0.05, 0) is 6.92 Å². The number of carbonyl (C=O) groups is 1. The van der Waals surface area contributed by atoms with Gasteiger partial charge in [0.25, 0.3) is 0 Å². The molecule has 0 spiro atoms. The van der Waals surface area contributed by atoms with Crippen molar-refractivity contribution in [3.63, 3.8) is 0 Å². The lowest BCUT2D eigenvalue weighted by Gasteiger charge is -2.09. The van der Waals surface area contributed by atoms with Gasteiger partial charge in [-0.25, -0.2) is 4.79 Å². The van der Waals surface area contributed by atoms with E-state index in [2.05, 4.69) is 11.3 Å². The number of nitriles is 1. The topological polar surface area (TPSA) is 68.6 Å². The molecule has 0 bridgehead atoms. The molecule has 0 aliphatic rings. The van der Waals surface area contributed by atoms with Gasteiger partial charge in [-0.15, -0.1) is 0 Å². The summed E-state index contributed by atoms with van der Waals surface area (Å²) in [6.45, 7) is 5.90. The van der Waals surface area contributed by atoms with Gasteiger partial charge in [0.15, 0.2) is 0 Å². The van der Waals surface area contributed by atoms with Crippen LogP contribution in [-0.4, -0.2) is 39.0 Å². The Morgan fingerprint density at radius 3 is 2.73 bits per heavy atom. The van der Waals surface area contributed by atoms with E-state index >= 15 is 0 Å². The van der Waals surface area contributed by atoms with Crippen molar-refractivity contribution in [2.24, 2.45) is 0 Å². The monoisotopic (exact) mass is 213 g/mol. The van der Waals surface area contributed by atoms with Crippen molar-refractivity contribution in [1.82, 2.24) is 0 Å². The molecule has 0 heterocycles. The van der Waals surface area contributed by atoms with Crippen LogP contribution in [-0.2, 0) is 19.0 Å². The van der Waals surface area contributed by atoms with Crippen LogP contribution >= 0.6 is 0 Å². The van der Waals surface area contributed by atoms with Gasteiger partial charge < -0.3 is 14.2 Å². The maximum absolute atomic E-state index is 10.9. The van der Waals surface area contributed by atoms with Crippen LogP contribution in [0, 0.1) is 11.3 Å². The standard InChI is InChI=1S/C10H15NO4/c1-8(6-11)10(12)15-5-4-14-7-9(2)13-3/h9H,1,4-5,7H2,2-3H3. The number of esters is 1. The Bertz CT molecular complexity index is 257. The number of hydrogen-bond acceptors (Lipinski definition) is 5. The van der Waals surface area contributed by atoms with Crippen molar-refractivity contribution in [1.29, 1.82) is 5.26 Å². The van der Waals surface area contributed by atoms with E-state index in [4.69, 9.17) is 14.7 Å². The SMILES string of the molecule is C=C(C#N)C(=O)OCCOCC(C)OC. The van der Waals surface area contributed by atoms with Crippen molar-refractivity contribution in [2.45, 2.75) is 13.0 Å². The first kappa shape index (κ1) is 13.6. The summed E-state index contributed by atoms with van der Waals surface area (Å²) >= 11 is 0. The Kier molecular flexibility index (Phi) is 7.24. The molecule has 0 aromatic rings. The smallest absolute Gasteiger partial charge is 0.348 e. The molecule has 0 N–H and O–H groups in total. The molecule has 0 fully saturated rings. The second-order valence-corrected chi connectivity index (χ2v) is 2.85. The van der Waals surface area contributed by atoms with E-state index in [1.54, 1.807) is 13.2 Å². The summed E-state index contributed by atoms with van der Waals surface area (Å²) in [5.41, 5.74) is -0.208. The maximum atomic E-state index is 10.9. The number of methoxy groups -OCH3 is 1. The van der Waals surface area contributed by atoms with Crippen LogP contribution in [0.5, 0.6) is 0 Å². The van der Waals surface area contributed by atoms with Crippen LogP contribution < -0.4 is 0 Å². The summed E-state index contributed by atoms with van der Waals surface area (Å²) in [4.78, 5) is 10.9. The number of carbonyl (C=O) groups excluding carboxylic acids is 1. The summed E-state index contributed by atoms with van der Waals surface area (Å²) in [5.74, 6) is -0.708. The average Bonchev–Trinajstić information content (AvgIpc) is 2.26. The van der Waals surface area contributed by atoms with Gasteiger partial charge in [0.2, 0.25) is 0 Å². The molecule has 1 atom stereocenters. The fourth-order valence-electron chi connectivity index (χ4n) is 0.643. The molecule has 0 rings (SSSR count). The molecule has 5 heteroatoms. The lowest BCUT2D eigenvalue weighted by Crippen LogP contribution is -2.17. The second kappa shape index (κ2) is 7.97. The van der Waals surface area contributed by atoms with E-state index in [-0.39, 0.29) is 24.9 Å². The Balaban J connectivity index is 3.44. The molecule has 15 heavy (non-hydrogen) atoms. The third-order valence-corrected chi connectivity index (χ3v) is 1.60. The van der Waals surface area contributed by atoms with Gasteiger partial charge in [-0.1, -0.05) is 6.58 Å². The van der Waals surface area contributed by atoms with Gasteiger partial charge in [0, 0.05) is 7.11 Å². The molecule has 0 aromatic carbocycles. The molecule has 5 nitrogen and oxygen atoms in total. The van der Waals surface area contributed by atoms with E-state index in [1.165, 1.54) is 0 Å². The zero-order valence-corrected chi connectivity index (χ0v) is 8.99. The quantitative estimate of drug-likeness (QED) is 0.269. The van der Waals surface area contributed by atoms with Crippen molar-refractivity contribution in [3.8, 4) is 6.07 Å². The minimum absolute atomic E-state index is 0.00905. The van der Waals surface area contributed by atoms with Crippen LogP contribution in [0.4, 0.5) is 0 Å². The van der Waals surface area contributed by atoms with Crippen molar-refractivity contribution < 1.29 is 19.0 Å². The maximum Gasteiger partial charge on any atom is 0.348 e. The van der Waals surface area contributed by atoms with Crippen LogP contribution in [0.15, 0.2) is 12.2 Å². The summed E-state index contributed by atoms with van der Waals surface area (Å²) < 4.78 is 14.8. The molecule has 0 amide bonds. The van der Waals surface area contributed by atoms with Crippen LogP contribution in [0.1, 0.15) is 6.92 Å².